The second-order valence-corrected chi connectivity index (χ2v) is 8.84. The Hall–Kier alpha value is -3.14. The molecule has 1 saturated heterocycles. The summed E-state index contributed by atoms with van der Waals surface area (Å²) in [5.41, 5.74) is 1.03. The van der Waals surface area contributed by atoms with Gasteiger partial charge < -0.3 is 10.2 Å². The first-order valence-electron chi connectivity index (χ1n) is 9.78. The molecule has 2 aromatic heterocycles. The first-order valence-corrected chi connectivity index (χ1v) is 10.6. The fourth-order valence-corrected chi connectivity index (χ4v) is 4.39. The van der Waals surface area contributed by atoms with Gasteiger partial charge in [-0.2, -0.15) is 0 Å². The number of carbonyl (C=O) groups excluding carboxylic acids is 2. The quantitative estimate of drug-likeness (QED) is 0.632. The third-order valence-electron chi connectivity index (χ3n) is 5.05. The summed E-state index contributed by atoms with van der Waals surface area (Å²) in [6, 6.07) is 12.1. The number of aryl methyl sites for hydroxylation is 1. The van der Waals surface area contributed by atoms with E-state index in [1.54, 1.807) is 12.1 Å². The maximum Gasteiger partial charge on any atom is 0.273 e. The Labute approximate surface area is 181 Å². The molecule has 7 nitrogen and oxygen atoms in total. The monoisotopic (exact) mass is 445 g/mol. The first-order chi connectivity index (χ1) is 14.8. The van der Waals surface area contributed by atoms with Gasteiger partial charge in [-0.15, -0.1) is 16.4 Å². The maximum atomic E-state index is 14.1. The molecule has 4 rings (SSSR count). The van der Waals surface area contributed by atoms with E-state index in [4.69, 9.17) is 0 Å². The minimum Gasteiger partial charge on any atom is -0.347 e. The first kappa shape index (κ1) is 21.1. The predicted molar refractivity (Wildman–Crippen MR) is 111 cm³/mol. The normalized spacial score (nSPS) is 17.6. The molecule has 0 spiro atoms. The van der Waals surface area contributed by atoms with Gasteiger partial charge in [0, 0.05) is 17.8 Å². The maximum absolute atomic E-state index is 14.1. The summed E-state index contributed by atoms with van der Waals surface area (Å²) in [5.74, 6) is -3.79. The van der Waals surface area contributed by atoms with E-state index in [2.05, 4.69) is 15.6 Å². The van der Waals surface area contributed by atoms with Crippen LogP contribution in [0, 0.1) is 6.92 Å². The predicted octanol–water partition coefficient (Wildman–Crippen LogP) is 3.13. The Kier molecular flexibility index (Phi) is 5.81. The van der Waals surface area contributed by atoms with Crippen molar-refractivity contribution in [2.75, 3.05) is 6.54 Å². The van der Waals surface area contributed by atoms with E-state index in [9.17, 15) is 18.4 Å². The van der Waals surface area contributed by atoms with Gasteiger partial charge in [-0.1, -0.05) is 35.5 Å². The van der Waals surface area contributed by atoms with Crippen molar-refractivity contribution in [2.24, 2.45) is 0 Å². The van der Waals surface area contributed by atoms with Crippen molar-refractivity contribution in [1.82, 2.24) is 25.2 Å². The summed E-state index contributed by atoms with van der Waals surface area (Å²) in [6.45, 7) is 1.60. The van der Waals surface area contributed by atoms with E-state index in [-0.39, 0.29) is 12.2 Å². The highest BCUT2D eigenvalue weighted by atomic mass is 32.1. The van der Waals surface area contributed by atoms with Crippen molar-refractivity contribution in [3.63, 3.8) is 0 Å². The lowest BCUT2D eigenvalue weighted by atomic mass is 10.2. The van der Waals surface area contributed by atoms with Gasteiger partial charge in [0.2, 0.25) is 0 Å². The molecule has 0 saturated carbocycles. The highest BCUT2D eigenvalue weighted by Gasteiger charge is 2.47. The van der Waals surface area contributed by atoms with E-state index >= 15 is 0 Å². The van der Waals surface area contributed by atoms with E-state index < -0.39 is 36.7 Å². The van der Waals surface area contributed by atoms with Crippen LogP contribution < -0.4 is 5.32 Å². The number of aromatic nitrogens is 3. The van der Waals surface area contributed by atoms with Gasteiger partial charge >= 0.3 is 0 Å². The molecular weight excluding hydrogens is 424 g/mol. The molecule has 0 aliphatic carbocycles. The summed E-state index contributed by atoms with van der Waals surface area (Å²) in [4.78, 5) is 27.7. The van der Waals surface area contributed by atoms with Crippen LogP contribution in [0.4, 0.5) is 8.78 Å². The number of amides is 2. The van der Waals surface area contributed by atoms with Crippen molar-refractivity contribution >= 4 is 23.2 Å². The zero-order valence-electron chi connectivity index (χ0n) is 16.8. The number of rotatable bonds is 6. The number of nitrogens with zero attached hydrogens (tertiary/aromatic N) is 4. The minimum atomic E-state index is -2.97. The molecule has 3 heterocycles. The van der Waals surface area contributed by atoms with Crippen molar-refractivity contribution in [3.05, 3.63) is 69.7 Å². The number of alkyl halides is 2. The van der Waals surface area contributed by atoms with E-state index in [0.717, 1.165) is 10.4 Å². The number of hydrogen-bond donors (Lipinski definition) is 1. The number of nitrogens with one attached hydrogen (secondary N) is 1. The molecule has 1 aromatic carbocycles. The Morgan fingerprint density at radius 3 is 2.71 bits per heavy atom. The fraction of sp³-hybridized carbons (Fsp3) is 0.333. The molecule has 2 amide bonds. The number of halogens is 2. The summed E-state index contributed by atoms with van der Waals surface area (Å²) in [6.07, 6.45) is 0.952. The molecule has 3 aromatic rings. The van der Waals surface area contributed by atoms with Crippen molar-refractivity contribution in [3.8, 4) is 0 Å². The second-order valence-electron chi connectivity index (χ2n) is 7.55. The van der Waals surface area contributed by atoms with E-state index in [1.165, 1.54) is 27.1 Å². The molecule has 1 atom stereocenters. The molecule has 1 aliphatic heterocycles. The summed E-state index contributed by atoms with van der Waals surface area (Å²) in [5, 5.41) is 10.5. The molecule has 31 heavy (non-hydrogen) atoms. The standard InChI is InChI=1S/C21H21F2N5O2S/c1-14-7-8-18(31-14)20(30)28-13-21(22,23)9-16(28)11-27-12-17(25-26-27)19(29)24-10-15-5-3-2-4-6-15/h2-8,12,16H,9-11,13H2,1H3,(H,24,29)/t16-/m0/s1. The molecule has 1 fully saturated rings. The molecule has 1 N–H and O–H groups in total. The van der Waals surface area contributed by atoms with Crippen LogP contribution >= 0.6 is 11.3 Å². The number of carbonyl (C=O) groups is 2. The van der Waals surface area contributed by atoms with Gasteiger partial charge in [-0.25, -0.2) is 13.5 Å². The van der Waals surface area contributed by atoms with Crippen LogP contribution in [-0.4, -0.2) is 50.2 Å². The Morgan fingerprint density at radius 2 is 2.00 bits per heavy atom. The van der Waals surface area contributed by atoms with Crippen LogP contribution in [0.1, 0.15) is 37.0 Å². The van der Waals surface area contributed by atoms with Crippen LogP contribution in [0.5, 0.6) is 0 Å². The van der Waals surface area contributed by atoms with Crippen molar-refractivity contribution in [1.29, 1.82) is 0 Å². The van der Waals surface area contributed by atoms with E-state index in [0.29, 0.717) is 11.4 Å². The SMILES string of the molecule is Cc1ccc(C(=O)N2CC(F)(F)C[C@H]2Cn2cc(C(=O)NCc3ccccc3)nn2)s1. The summed E-state index contributed by atoms with van der Waals surface area (Å²) in [7, 11) is 0. The van der Waals surface area contributed by atoms with Crippen LogP contribution in [0.25, 0.3) is 0 Å². The second kappa shape index (κ2) is 8.54. The Bertz CT molecular complexity index is 1080. The molecular formula is C21H21F2N5O2S. The average molecular weight is 445 g/mol. The van der Waals surface area contributed by atoms with Gasteiger partial charge in [-0.05, 0) is 24.6 Å². The lowest BCUT2D eigenvalue weighted by molar-refractivity contribution is 0.0118. The average Bonchev–Trinajstić information content (AvgIpc) is 3.45. The van der Waals surface area contributed by atoms with Gasteiger partial charge in [0.15, 0.2) is 5.69 Å². The van der Waals surface area contributed by atoms with Crippen LogP contribution in [0.2, 0.25) is 0 Å². The van der Waals surface area contributed by atoms with Crippen molar-refractivity contribution in [2.45, 2.75) is 38.4 Å². The van der Waals surface area contributed by atoms with Crippen LogP contribution in [0.3, 0.4) is 0 Å². The third-order valence-corrected chi connectivity index (χ3v) is 6.04. The van der Waals surface area contributed by atoms with Gasteiger partial charge in [0.1, 0.15) is 0 Å². The number of thiophene rings is 1. The lowest BCUT2D eigenvalue weighted by Crippen LogP contribution is -2.38. The molecule has 162 valence electrons. The highest BCUT2D eigenvalue weighted by molar-refractivity contribution is 7.13. The highest BCUT2D eigenvalue weighted by Crippen LogP contribution is 2.34. The van der Waals surface area contributed by atoms with Gasteiger partial charge in [-0.3, -0.25) is 9.59 Å². The minimum absolute atomic E-state index is 0.0324. The Morgan fingerprint density at radius 1 is 1.23 bits per heavy atom. The lowest BCUT2D eigenvalue weighted by Gasteiger charge is -2.23. The number of benzene rings is 1. The Balaban J connectivity index is 1.42. The smallest absolute Gasteiger partial charge is 0.273 e. The molecule has 0 unspecified atom stereocenters. The molecule has 1 aliphatic rings. The largest absolute Gasteiger partial charge is 0.347 e. The number of hydrogen-bond acceptors (Lipinski definition) is 5. The number of likely N-dealkylation sites (tertiary alicyclic amines) is 1. The van der Waals surface area contributed by atoms with Gasteiger partial charge in [0.05, 0.1) is 30.2 Å². The third kappa shape index (κ3) is 4.96. The molecule has 10 heteroatoms. The zero-order valence-corrected chi connectivity index (χ0v) is 17.6. The summed E-state index contributed by atoms with van der Waals surface area (Å²) < 4.78 is 29.6. The van der Waals surface area contributed by atoms with Crippen molar-refractivity contribution < 1.29 is 18.4 Å². The molecule has 0 bridgehead atoms. The molecule has 0 radical (unpaired) electrons. The van der Waals surface area contributed by atoms with Crippen LogP contribution in [0.15, 0.2) is 48.7 Å². The zero-order chi connectivity index (χ0) is 22.0. The van der Waals surface area contributed by atoms with E-state index in [1.807, 2.05) is 37.3 Å². The van der Waals surface area contributed by atoms with Gasteiger partial charge in [0.25, 0.3) is 17.7 Å². The summed E-state index contributed by atoms with van der Waals surface area (Å²) >= 11 is 1.28. The fourth-order valence-electron chi connectivity index (χ4n) is 3.57. The van der Waals surface area contributed by atoms with Crippen LogP contribution in [-0.2, 0) is 13.1 Å². The topological polar surface area (TPSA) is 80.1 Å².